The topological polar surface area (TPSA) is 29.1 Å². The van der Waals surface area contributed by atoms with Crippen LogP contribution in [0.4, 0.5) is 5.69 Å². The molecule has 2 aromatic carbocycles. The third kappa shape index (κ3) is 1.71. The third-order valence-corrected chi connectivity index (χ3v) is 4.51. The first kappa shape index (κ1) is 11.4. The first-order chi connectivity index (χ1) is 8.70. The highest BCUT2D eigenvalue weighted by Gasteiger charge is 2.43. The second-order valence-electron chi connectivity index (χ2n) is 4.45. The quantitative estimate of drug-likeness (QED) is 0.887. The van der Waals surface area contributed by atoms with Crippen molar-refractivity contribution in [1.29, 1.82) is 0 Å². The molecule has 0 fully saturated rings. The summed E-state index contributed by atoms with van der Waals surface area (Å²) in [5.41, 5.74) is 1.98. The summed E-state index contributed by atoms with van der Waals surface area (Å²) in [7, 11) is 0. The maximum atomic E-state index is 12.2. The molecule has 0 spiro atoms. The number of hydrogen-bond donors (Lipinski definition) is 1. The van der Waals surface area contributed by atoms with Gasteiger partial charge in [0.15, 0.2) is 0 Å². The average molecular weight is 255 g/mol. The normalized spacial score (nSPS) is 21.5. The minimum Gasteiger partial charge on any atom is -0.324 e. The molecule has 1 unspecified atom stereocenters. The number of rotatable bonds is 2. The number of anilines is 1. The van der Waals surface area contributed by atoms with E-state index in [-0.39, 0.29) is 5.91 Å². The van der Waals surface area contributed by atoms with E-state index in [4.69, 9.17) is 0 Å². The van der Waals surface area contributed by atoms with Gasteiger partial charge in [0, 0.05) is 16.1 Å². The Kier molecular flexibility index (Phi) is 2.63. The van der Waals surface area contributed by atoms with Gasteiger partial charge in [0.25, 0.3) is 0 Å². The van der Waals surface area contributed by atoms with Gasteiger partial charge < -0.3 is 5.32 Å². The molecule has 90 valence electrons. The van der Waals surface area contributed by atoms with Crippen molar-refractivity contribution in [2.45, 2.75) is 16.6 Å². The van der Waals surface area contributed by atoms with Crippen LogP contribution in [0.25, 0.3) is 0 Å². The van der Waals surface area contributed by atoms with Crippen LogP contribution in [0.3, 0.4) is 0 Å². The monoisotopic (exact) mass is 255 g/mol. The molecule has 0 aliphatic carbocycles. The molecule has 0 saturated heterocycles. The molecule has 2 nitrogen and oxygen atoms in total. The molecule has 0 aromatic heterocycles. The molecular weight excluding hydrogens is 242 g/mol. The number of amides is 1. The fourth-order valence-electron chi connectivity index (χ4n) is 2.20. The molecule has 1 amide bonds. The fourth-order valence-corrected chi connectivity index (χ4v) is 3.39. The minimum atomic E-state index is -0.544. The molecule has 0 saturated carbocycles. The Labute approximate surface area is 110 Å². The number of thioether (sulfide) groups is 1. The Morgan fingerprint density at radius 2 is 1.67 bits per heavy atom. The van der Waals surface area contributed by atoms with E-state index in [2.05, 4.69) is 5.32 Å². The van der Waals surface area contributed by atoms with Gasteiger partial charge in [-0.15, -0.1) is 11.8 Å². The maximum absolute atomic E-state index is 12.2. The van der Waals surface area contributed by atoms with Crippen molar-refractivity contribution in [3.05, 3.63) is 60.2 Å². The van der Waals surface area contributed by atoms with Crippen LogP contribution in [-0.2, 0) is 9.54 Å². The molecule has 18 heavy (non-hydrogen) atoms. The van der Waals surface area contributed by atoms with Gasteiger partial charge in [0.05, 0.1) is 0 Å². The van der Waals surface area contributed by atoms with Gasteiger partial charge in [-0.3, -0.25) is 4.79 Å². The molecule has 1 heterocycles. The Balaban J connectivity index is 2.02. The summed E-state index contributed by atoms with van der Waals surface area (Å²) >= 11 is 1.59. The van der Waals surface area contributed by atoms with E-state index in [0.717, 1.165) is 16.1 Å². The van der Waals surface area contributed by atoms with Crippen molar-refractivity contribution in [2.75, 3.05) is 5.32 Å². The highest BCUT2D eigenvalue weighted by Crippen LogP contribution is 2.48. The molecule has 3 rings (SSSR count). The number of benzene rings is 2. The Morgan fingerprint density at radius 3 is 2.44 bits per heavy atom. The Hall–Kier alpha value is -1.74. The van der Waals surface area contributed by atoms with Gasteiger partial charge in [-0.05, 0) is 25.1 Å². The van der Waals surface area contributed by atoms with Crippen LogP contribution in [0.2, 0.25) is 0 Å². The van der Waals surface area contributed by atoms with E-state index in [1.807, 2.05) is 61.5 Å². The van der Waals surface area contributed by atoms with E-state index < -0.39 is 4.75 Å². The van der Waals surface area contributed by atoms with Gasteiger partial charge in [-0.25, -0.2) is 0 Å². The summed E-state index contributed by atoms with van der Waals surface area (Å²) in [5.74, 6) is 0.0533. The first-order valence-corrected chi connectivity index (χ1v) is 6.67. The third-order valence-electron chi connectivity index (χ3n) is 3.19. The first-order valence-electron chi connectivity index (χ1n) is 5.85. The summed E-state index contributed by atoms with van der Waals surface area (Å²) in [6.45, 7) is 1.98. The predicted octanol–water partition coefficient (Wildman–Crippen LogP) is 3.65. The summed E-state index contributed by atoms with van der Waals surface area (Å²) in [5, 5.41) is 2.95. The fraction of sp³-hybridized carbons (Fsp3) is 0.133. The van der Waals surface area contributed by atoms with Crippen molar-refractivity contribution in [2.24, 2.45) is 0 Å². The molecule has 1 aliphatic rings. The van der Waals surface area contributed by atoms with Crippen LogP contribution in [0.15, 0.2) is 59.5 Å². The van der Waals surface area contributed by atoms with Crippen LogP contribution >= 0.6 is 11.8 Å². The van der Waals surface area contributed by atoms with E-state index >= 15 is 0 Å². The van der Waals surface area contributed by atoms with Crippen molar-refractivity contribution in [1.82, 2.24) is 0 Å². The van der Waals surface area contributed by atoms with E-state index in [1.165, 1.54) is 0 Å². The SMILES string of the molecule is CC1(Sc2ccccc2)C(=O)Nc2ccccc21. The van der Waals surface area contributed by atoms with Gasteiger partial charge in [-0.1, -0.05) is 36.4 Å². The zero-order valence-electron chi connectivity index (χ0n) is 10.0. The zero-order chi connectivity index (χ0) is 12.6. The zero-order valence-corrected chi connectivity index (χ0v) is 10.8. The molecule has 1 N–H and O–H groups in total. The van der Waals surface area contributed by atoms with Crippen LogP contribution in [0.1, 0.15) is 12.5 Å². The van der Waals surface area contributed by atoms with E-state index in [9.17, 15) is 4.79 Å². The van der Waals surface area contributed by atoms with Crippen molar-refractivity contribution >= 4 is 23.4 Å². The number of hydrogen-bond acceptors (Lipinski definition) is 2. The molecule has 0 bridgehead atoms. The molecule has 1 aliphatic heterocycles. The number of carbonyl (C=O) groups excluding carboxylic acids is 1. The van der Waals surface area contributed by atoms with Crippen LogP contribution in [0, 0.1) is 0 Å². The standard InChI is InChI=1S/C15H13NOS/c1-15(18-11-7-3-2-4-8-11)12-9-5-6-10-13(12)16-14(15)17/h2-10H,1H3,(H,16,17). The average Bonchev–Trinajstić information content (AvgIpc) is 2.63. The predicted molar refractivity (Wildman–Crippen MR) is 74.7 cm³/mol. The number of para-hydroxylation sites is 1. The molecule has 0 radical (unpaired) electrons. The number of carbonyl (C=O) groups is 1. The lowest BCUT2D eigenvalue weighted by atomic mass is 10.0. The number of fused-ring (bicyclic) bond motifs is 1. The van der Waals surface area contributed by atoms with E-state index in [1.54, 1.807) is 11.8 Å². The molecular formula is C15H13NOS. The second-order valence-corrected chi connectivity index (χ2v) is 5.94. The molecule has 3 heteroatoms. The lowest BCUT2D eigenvalue weighted by Gasteiger charge is -2.21. The van der Waals surface area contributed by atoms with Gasteiger partial charge in [0.1, 0.15) is 4.75 Å². The summed E-state index contributed by atoms with van der Waals surface area (Å²) in [6, 6.07) is 17.9. The second kappa shape index (κ2) is 4.18. The largest absolute Gasteiger partial charge is 0.324 e. The van der Waals surface area contributed by atoms with Crippen LogP contribution < -0.4 is 5.32 Å². The molecule has 2 aromatic rings. The van der Waals surface area contributed by atoms with Crippen molar-refractivity contribution in [3.63, 3.8) is 0 Å². The Bertz CT molecular complexity index is 596. The number of nitrogens with one attached hydrogen (secondary N) is 1. The summed E-state index contributed by atoms with van der Waals surface area (Å²) in [4.78, 5) is 13.3. The van der Waals surface area contributed by atoms with Crippen molar-refractivity contribution < 1.29 is 4.79 Å². The van der Waals surface area contributed by atoms with Gasteiger partial charge >= 0.3 is 0 Å². The van der Waals surface area contributed by atoms with Gasteiger partial charge in [0.2, 0.25) is 5.91 Å². The lowest BCUT2D eigenvalue weighted by Crippen LogP contribution is -2.27. The van der Waals surface area contributed by atoms with E-state index in [0.29, 0.717) is 0 Å². The maximum Gasteiger partial charge on any atom is 0.245 e. The highest BCUT2D eigenvalue weighted by molar-refractivity contribution is 8.01. The van der Waals surface area contributed by atoms with Crippen molar-refractivity contribution in [3.8, 4) is 0 Å². The lowest BCUT2D eigenvalue weighted by molar-refractivity contribution is -0.117. The van der Waals surface area contributed by atoms with Crippen LogP contribution in [0.5, 0.6) is 0 Å². The highest BCUT2D eigenvalue weighted by atomic mass is 32.2. The molecule has 1 atom stereocenters. The Morgan fingerprint density at radius 1 is 1.00 bits per heavy atom. The smallest absolute Gasteiger partial charge is 0.245 e. The van der Waals surface area contributed by atoms with Gasteiger partial charge in [-0.2, -0.15) is 0 Å². The summed E-state index contributed by atoms with van der Waals surface area (Å²) in [6.07, 6.45) is 0. The minimum absolute atomic E-state index is 0.0533. The summed E-state index contributed by atoms with van der Waals surface area (Å²) < 4.78 is -0.544. The van der Waals surface area contributed by atoms with Crippen LogP contribution in [-0.4, -0.2) is 5.91 Å².